The van der Waals surface area contributed by atoms with Crippen LogP contribution in [-0.2, 0) is 9.47 Å². The molecule has 0 heterocycles. The molecule has 0 radical (unpaired) electrons. The summed E-state index contributed by atoms with van der Waals surface area (Å²) in [6.45, 7) is 7.80. The topological polar surface area (TPSA) is 50.7 Å². The molecule has 108 valence electrons. The first kappa shape index (κ1) is 15.9. The first-order valence-electron chi connectivity index (χ1n) is 7.03. The van der Waals surface area contributed by atoms with Crippen molar-refractivity contribution in [3.63, 3.8) is 0 Å². The van der Waals surface area contributed by atoms with E-state index in [1.807, 2.05) is 0 Å². The van der Waals surface area contributed by atoms with E-state index < -0.39 is 6.10 Å². The van der Waals surface area contributed by atoms with E-state index >= 15 is 0 Å². The van der Waals surface area contributed by atoms with Crippen LogP contribution in [0.15, 0.2) is 0 Å². The predicted octanol–water partition coefficient (Wildman–Crippen LogP) is 1.43. The lowest BCUT2D eigenvalue weighted by atomic mass is 10.0. The molecule has 2 N–H and O–H groups in total. The highest BCUT2D eigenvalue weighted by Crippen LogP contribution is 2.48. The molecule has 0 aliphatic heterocycles. The first-order valence-corrected chi connectivity index (χ1v) is 7.03. The number of hydrogen-bond acceptors (Lipinski definition) is 4. The lowest BCUT2D eigenvalue weighted by Gasteiger charge is -2.18. The fraction of sp³-hybridized carbons (Fsp3) is 1.00. The van der Waals surface area contributed by atoms with Crippen molar-refractivity contribution in [2.24, 2.45) is 11.3 Å². The summed E-state index contributed by atoms with van der Waals surface area (Å²) in [6.07, 6.45) is 3.28. The van der Waals surface area contributed by atoms with Gasteiger partial charge >= 0.3 is 0 Å². The van der Waals surface area contributed by atoms with E-state index in [9.17, 15) is 5.11 Å². The van der Waals surface area contributed by atoms with Crippen LogP contribution in [0.25, 0.3) is 0 Å². The molecule has 18 heavy (non-hydrogen) atoms. The molecule has 1 aliphatic carbocycles. The van der Waals surface area contributed by atoms with Gasteiger partial charge in [-0.25, -0.2) is 0 Å². The molecule has 1 aliphatic rings. The largest absolute Gasteiger partial charge is 0.389 e. The van der Waals surface area contributed by atoms with Gasteiger partial charge in [0.05, 0.1) is 12.7 Å². The summed E-state index contributed by atoms with van der Waals surface area (Å²) < 4.78 is 10.5. The average Bonchev–Trinajstić information content (AvgIpc) is 3.06. The minimum atomic E-state index is -0.401. The number of ether oxygens (including phenoxy) is 2. The van der Waals surface area contributed by atoms with Gasteiger partial charge in [-0.05, 0) is 30.6 Å². The van der Waals surface area contributed by atoms with Gasteiger partial charge in [-0.15, -0.1) is 0 Å². The Hall–Kier alpha value is -0.160. The van der Waals surface area contributed by atoms with E-state index in [-0.39, 0.29) is 0 Å². The Balaban J connectivity index is 1.99. The van der Waals surface area contributed by atoms with Crippen LogP contribution < -0.4 is 5.32 Å². The molecule has 1 unspecified atom stereocenters. The summed E-state index contributed by atoms with van der Waals surface area (Å²) in [7, 11) is 1.75. The standard InChI is InChI=1S/C14H29NO3/c1-12(2)9-18-10-13(16)8-15-11-14(4-5-14)6-7-17-3/h12-13,15-16H,4-11H2,1-3H3. The van der Waals surface area contributed by atoms with E-state index in [4.69, 9.17) is 9.47 Å². The van der Waals surface area contributed by atoms with Crippen molar-refractivity contribution in [1.29, 1.82) is 0 Å². The monoisotopic (exact) mass is 259 g/mol. The molecule has 4 nitrogen and oxygen atoms in total. The van der Waals surface area contributed by atoms with Crippen LogP contribution in [0.2, 0.25) is 0 Å². The van der Waals surface area contributed by atoms with Crippen molar-refractivity contribution in [2.75, 3.05) is 40.0 Å². The van der Waals surface area contributed by atoms with Crippen molar-refractivity contribution in [1.82, 2.24) is 5.32 Å². The Kier molecular flexibility index (Phi) is 7.15. The first-order chi connectivity index (χ1) is 8.58. The summed E-state index contributed by atoms with van der Waals surface area (Å²) in [5.74, 6) is 0.522. The van der Waals surface area contributed by atoms with Gasteiger partial charge in [-0.3, -0.25) is 0 Å². The molecule has 1 saturated carbocycles. The highest BCUT2D eigenvalue weighted by Gasteiger charge is 2.41. The van der Waals surface area contributed by atoms with Gasteiger partial charge in [-0.1, -0.05) is 13.8 Å². The van der Waals surface area contributed by atoms with Gasteiger partial charge in [0.25, 0.3) is 0 Å². The number of aliphatic hydroxyl groups is 1. The van der Waals surface area contributed by atoms with E-state index in [0.717, 1.165) is 26.2 Å². The zero-order valence-electron chi connectivity index (χ0n) is 12.1. The molecule has 4 heteroatoms. The second-order valence-corrected chi connectivity index (χ2v) is 5.96. The van der Waals surface area contributed by atoms with E-state index in [2.05, 4.69) is 19.2 Å². The van der Waals surface area contributed by atoms with Crippen molar-refractivity contribution in [3.8, 4) is 0 Å². The molecule has 1 rings (SSSR count). The third kappa shape index (κ3) is 6.69. The Labute approximate surface area is 111 Å². The SMILES string of the molecule is COCCC1(CNCC(O)COCC(C)C)CC1. The molecule has 1 atom stereocenters. The molecule has 0 aromatic rings. The van der Waals surface area contributed by atoms with Gasteiger partial charge in [0.15, 0.2) is 0 Å². The molecule has 0 aromatic heterocycles. The fourth-order valence-electron chi connectivity index (χ4n) is 2.01. The Morgan fingerprint density at radius 2 is 2.00 bits per heavy atom. The van der Waals surface area contributed by atoms with E-state index in [0.29, 0.717) is 24.5 Å². The second kappa shape index (κ2) is 8.10. The normalized spacial score (nSPS) is 19.2. The predicted molar refractivity (Wildman–Crippen MR) is 72.7 cm³/mol. The number of hydrogen-bond donors (Lipinski definition) is 2. The summed E-state index contributed by atoms with van der Waals surface area (Å²) in [5.41, 5.74) is 0.439. The minimum Gasteiger partial charge on any atom is -0.389 e. The van der Waals surface area contributed by atoms with Crippen LogP contribution in [0.1, 0.15) is 33.1 Å². The lowest BCUT2D eigenvalue weighted by molar-refractivity contribution is 0.0255. The van der Waals surface area contributed by atoms with Crippen LogP contribution in [-0.4, -0.2) is 51.2 Å². The van der Waals surface area contributed by atoms with Crippen LogP contribution in [0, 0.1) is 11.3 Å². The number of methoxy groups -OCH3 is 1. The second-order valence-electron chi connectivity index (χ2n) is 5.96. The van der Waals surface area contributed by atoms with Crippen LogP contribution in [0.4, 0.5) is 0 Å². The van der Waals surface area contributed by atoms with Crippen LogP contribution in [0.5, 0.6) is 0 Å². The maximum atomic E-state index is 9.74. The molecule has 1 fully saturated rings. The molecule has 0 bridgehead atoms. The third-order valence-electron chi connectivity index (χ3n) is 3.44. The van der Waals surface area contributed by atoms with Crippen LogP contribution in [0.3, 0.4) is 0 Å². The van der Waals surface area contributed by atoms with Crippen molar-refractivity contribution in [3.05, 3.63) is 0 Å². The number of rotatable bonds is 11. The smallest absolute Gasteiger partial charge is 0.0897 e. The maximum Gasteiger partial charge on any atom is 0.0897 e. The summed E-state index contributed by atoms with van der Waals surface area (Å²) in [6, 6.07) is 0. The molecular formula is C14H29NO3. The average molecular weight is 259 g/mol. The molecule has 0 spiro atoms. The highest BCUT2D eigenvalue weighted by atomic mass is 16.5. The minimum absolute atomic E-state index is 0.401. The van der Waals surface area contributed by atoms with E-state index in [1.54, 1.807) is 7.11 Å². The lowest BCUT2D eigenvalue weighted by Crippen LogP contribution is -2.34. The summed E-state index contributed by atoms with van der Waals surface area (Å²) >= 11 is 0. The molecule has 0 amide bonds. The fourth-order valence-corrected chi connectivity index (χ4v) is 2.01. The number of aliphatic hydroxyl groups excluding tert-OH is 1. The quantitative estimate of drug-likeness (QED) is 0.589. The van der Waals surface area contributed by atoms with E-state index in [1.165, 1.54) is 12.8 Å². The summed E-state index contributed by atoms with van der Waals surface area (Å²) in [4.78, 5) is 0. The molecular weight excluding hydrogens is 230 g/mol. The van der Waals surface area contributed by atoms with Crippen LogP contribution >= 0.6 is 0 Å². The van der Waals surface area contributed by atoms with Crippen molar-refractivity contribution < 1.29 is 14.6 Å². The third-order valence-corrected chi connectivity index (χ3v) is 3.44. The molecule has 0 aromatic carbocycles. The number of nitrogens with one attached hydrogen (secondary N) is 1. The van der Waals surface area contributed by atoms with Gasteiger partial charge < -0.3 is 19.9 Å². The Morgan fingerprint density at radius 1 is 1.28 bits per heavy atom. The van der Waals surface area contributed by atoms with Crippen molar-refractivity contribution in [2.45, 2.75) is 39.2 Å². The molecule has 0 saturated heterocycles. The van der Waals surface area contributed by atoms with Gasteiger partial charge in [0.1, 0.15) is 0 Å². The highest BCUT2D eigenvalue weighted by molar-refractivity contribution is 4.94. The van der Waals surface area contributed by atoms with Gasteiger partial charge in [0, 0.05) is 33.4 Å². The maximum absolute atomic E-state index is 9.74. The Bertz CT molecular complexity index is 217. The van der Waals surface area contributed by atoms with Gasteiger partial charge in [0.2, 0.25) is 0 Å². The zero-order valence-corrected chi connectivity index (χ0v) is 12.1. The summed E-state index contributed by atoms with van der Waals surface area (Å²) in [5, 5.41) is 13.1. The van der Waals surface area contributed by atoms with Crippen molar-refractivity contribution >= 4 is 0 Å². The Morgan fingerprint density at radius 3 is 2.56 bits per heavy atom. The zero-order chi connectivity index (χ0) is 13.4. The van der Waals surface area contributed by atoms with Gasteiger partial charge in [-0.2, -0.15) is 0 Å².